The summed E-state index contributed by atoms with van der Waals surface area (Å²) in [4.78, 5) is 32.4. The Bertz CT molecular complexity index is 1350. The highest BCUT2D eigenvalue weighted by Gasteiger charge is 2.22. The van der Waals surface area contributed by atoms with Crippen molar-refractivity contribution < 1.29 is 4.79 Å². The van der Waals surface area contributed by atoms with Crippen LogP contribution in [0.1, 0.15) is 40.0 Å². The Morgan fingerprint density at radius 3 is 2.67 bits per heavy atom. The molecule has 8 heteroatoms. The maximum atomic E-state index is 12.9. The second-order valence-corrected chi connectivity index (χ2v) is 9.17. The molecule has 0 unspecified atom stereocenters. The molecule has 0 atom stereocenters. The molecule has 1 aliphatic rings. The Morgan fingerprint density at radius 2 is 1.90 bits per heavy atom. The van der Waals surface area contributed by atoms with Gasteiger partial charge in [-0.2, -0.15) is 0 Å². The van der Waals surface area contributed by atoms with E-state index in [2.05, 4.69) is 15.4 Å². The molecular formula is C22H23N5O2S. The van der Waals surface area contributed by atoms with Crippen molar-refractivity contribution in [3.63, 3.8) is 0 Å². The predicted octanol–water partition coefficient (Wildman–Crippen LogP) is 3.55. The van der Waals surface area contributed by atoms with Gasteiger partial charge >= 0.3 is 5.69 Å². The smallest absolute Gasteiger partial charge is 0.324 e. The van der Waals surface area contributed by atoms with E-state index in [9.17, 15) is 9.59 Å². The van der Waals surface area contributed by atoms with E-state index >= 15 is 0 Å². The largest absolute Gasteiger partial charge is 0.352 e. The van der Waals surface area contributed by atoms with E-state index in [0.29, 0.717) is 5.65 Å². The van der Waals surface area contributed by atoms with Gasteiger partial charge in [0.2, 0.25) is 5.91 Å². The highest BCUT2D eigenvalue weighted by molar-refractivity contribution is 7.19. The Morgan fingerprint density at radius 1 is 1.17 bits per heavy atom. The number of fused-ring (bicyclic) bond motifs is 5. The summed E-state index contributed by atoms with van der Waals surface area (Å²) in [6.45, 7) is 5.82. The molecule has 1 aliphatic carbocycles. The van der Waals surface area contributed by atoms with Crippen LogP contribution in [-0.2, 0) is 24.2 Å². The highest BCUT2D eigenvalue weighted by Crippen LogP contribution is 2.36. The zero-order valence-electron chi connectivity index (χ0n) is 17.3. The number of aryl methyl sites for hydroxylation is 5. The minimum absolute atomic E-state index is 0.138. The number of rotatable bonds is 3. The summed E-state index contributed by atoms with van der Waals surface area (Å²) in [5.41, 5.74) is 5.46. The minimum Gasteiger partial charge on any atom is -0.324 e. The lowest BCUT2D eigenvalue weighted by atomic mass is 9.97. The number of nitrogens with one attached hydrogen (secondary N) is 1. The average Bonchev–Trinajstić information content (AvgIpc) is 3.22. The van der Waals surface area contributed by atoms with Gasteiger partial charge in [0.05, 0.1) is 5.39 Å². The van der Waals surface area contributed by atoms with E-state index in [4.69, 9.17) is 0 Å². The van der Waals surface area contributed by atoms with E-state index in [0.717, 1.165) is 51.9 Å². The molecule has 0 aliphatic heterocycles. The van der Waals surface area contributed by atoms with Crippen molar-refractivity contribution >= 4 is 38.8 Å². The van der Waals surface area contributed by atoms with Gasteiger partial charge < -0.3 is 5.32 Å². The minimum atomic E-state index is -0.345. The van der Waals surface area contributed by atoms with Gasteiger partial charge in [-0.3, -0.25) is 4.79 Å². The summed E-state index contributed by atoms with van der Waals surface area (Å²) < 4.78 is 2.69. The number of carbonyl (C=O) groups is 1. The first-order valence-corrected chi connectivity index (χ1v) is 11.0. The first kappa shape index (κ1) is 19.0. The topological polar surface area (TPSA) is 81.3 Å². The zero-order valence-corrected chi connectivity index (χ0v) is 18.1. The third-order valence-electron chi connectivity index (χ3n) is 5.77. The third-order valence-corrected chi connectivity index (χ3v) is 6.97. The van der Waals surface area contributed by atoms with Crippen LogP contribution in [-0.4, -0.2) is 25.1 Å². The summed E-state index contributed by atoms with van der Waals surface area (Å²) >= 11 is 1.69. The molecular weight excluding hydrogens is 398 g/mol. The van der Waals surface area contributed by atoms with Crippen LogP contribution in [0.5, 0.6) is 0 Å². The van der Waals surface area contributed by atoms with Gasteiger partial charge in [-0.1, -0.05) is 17.7 Å². The molecule has 1 amide bonds. The second-order valence-electron chi connectivity index (χ2n) is 8.09. The van der Waals surface area contributed by atoms with Crippen molar-refractivity contribution in [1.82, 2.24) is 19.2 Å². The Hall–Kier alpha value is -3.00. The van der Waals surface area contributed by atoms with Crippen molar-refractivity contribution in [2.75, 3.05) is 5.32 Å². The van der Waals surface area contributed by atoms with Crippen LogP contribution >= 0.6 is 11.3 Å². The van der Waals surface area contributed by atoms with E-state index < -0.39 is 0 Å². The van der Waals surface area contributed by atoms with Crippen LogP contribution in [0.2, 0.25) is 0 Å². The first-order chi connectivity index (χ1) is 14.4. The number of aromatic nitrogens is 4. The lowest BCUT2D eigenvalue weighted by Crippen LogP contribution is -2.28. The number of thiophene rings is 1. The molecule has 30 heavy (non-hydrogen) atoms. The molecule has 1 aromatic carbocycles. The van der Waals surface area contributed by atoms with Crippen LogP contribution < -0.4 is 11.0 Å². The normalized spacial score (nSPS) is 13.7. The van der Waals surface area contributed by atoms with Gasteiger partial charge in [0.25, 0.3) is 0 Å². The molecule has 7 nitrogen and oxygen atoms in total. The Labute approximate surface area is 177 Å². The number of hydrogen-bond donors (Lipinski definition) is 1. The fraction of sp³-hybridized carbons (Fsp3) is 0.364. The van der Waals surface area contributed by atoms with Crippen LogP contribution in [0.25, 0.3) is 15.9 Å². The van der Waals surface area contributed by atoms with Gasteiger partial charge in [-0.25, -0.2) is 18.9 Å². The van der Waals surface area contributed by atoms with E-state index in [1.807, 2.05) is 32.9 Å². The molecule has 4 aromatic rings. The molecule has 3 heterocycles. The van der Waals surface area contributed by atoms with Crippen LogP contribution in [0.3, 0.4) is 0 Å². The van der Waals surface area contributed by atoms with Crippen molar-refractivity contribution in [3.8, 4) is 0 Å². The molecule has 0 spiro atoms. The molecule has 0 saturated heterocycles. The summed E-state index contributed by atoms with van der Waals surface area (Å²) in [5.74, 6) is -0.271. The monoisotopic (exact) mass is 421 g/mol. The maximum absolute atomic E-state index is 12.9. The third kappa shape index (κ3) is 3.02. The molecule has 0 saturated carbocycles. The highest BCUT2D eigenvalue weighted by atomic mass is 32.1. The van der Waals surface area contributed by atoms with E-state index in [-0.39, 0.29) is 18.1 Å². The standard InChI is InChI=1S/C22H23N5O2S/c1-12-8-13(2)19(14(3)9-12)24-17(28)10-27-22(29)26-11-23-21-18(20(26)25-27)15-6-4-5-7-16(15)30-21/h8-9,11H,4-7,10H2,1-3H3,(H,24,28). The lowest BCUT2D eigenvalue weighted by Gasteiger charge is -2.12. The van der Waals surface area contributed by atoms with Crippen LogP contribution in [0, 0.1) is 20.8 Å². The van der Waals surface area contributed by atoms with Crippen molar-refractivity contribution in [2.45, 2.75) is 53.0 Å². The predicted molar refractivity (Wildman–Crippen MR) is 119 cm³/mol. The second kappa shape index (κ2) is 7.05. The fourth-order valence-corrected chi connectivity index (χ4v) is 5.70. The number of amides is 1. The van der Waals surface area contributed by atoms with Crippen molar-refractivity contribution in [2.24, 2.45) is 0 Å². The molecule has 0 fully saturated rings. The number of hydrogen-bond acceptors (Lipinski definition) is 5. The van der Waals surface area contributed by atoms with E-state index in [1.165, 1.54) is 32.3 Å². The van der Waals surface area contributed by atoms with Crippen molar-refractivity contribution in [1.29, 1.82) is 0 Å². The zero-order chi connectivity index (χ0) is 21.0. The lowest BCUT2D eigenvalue weighted by molar-refractivity contribution is -0.117. The first-order valence-electron chi connectivity index (χ1n) is 10.2. The summed E-state index contributed by atoms with van der Waals surface area (Å²) in [6, 6.07) is 4.06. The van der Waals surface area contributed by atoms with Gasteiger partial charge in [-0.15, -0.1) is 16.4 Å². The molecule has 0 bridgehead atoms. The van der Waals surface area contributed by atoms with Gasteiger partial charge in [0, 0.05) is 10.6 Å². The SMILES string of the molecule is Cc1cc(C)c(NC(=O)Cn2nc3c4c5c(sc4ncn3c2=O)CCCC5)c(C)c1. The quantitative estimate of drug-likeness (QED) is 0.549. The summed E-state index contributed by atoms with van der Waals surface area (Å²) in [6.07, 6.45) is 5.91. The number of benzene rings is 1. The number of anilines is 1. The van der Waals surface area contributed by atoms with Crippen molar-refractivity contribution in [3.05, 3.63) is 56.1 Å². The molecule has 5 rings (SSSR count). The molecule has 1 N–H and O–H groups in total. The number of nitrogens with zero attached hydrogens (tertiary/aromatic N) is 4. The fourth-order valence-electron chi connectivity index (χ4n) is 4.47. The van der Waals surface area contributed by atoms with Gasteiger partial charge in [-0.05, 0) is 63.1 Å². The Kier molecular flexibility index (Phi) is 4.47. The summed E-state index contributed by atoms with van der Waals surface area (Å²) in [7, 11) is 0. The van der Waals surface area contributed by atoms with Crippen LogP contribution in [0.15, 0.2) is 23.3 Å². The molecule has 154 valence electrons. The summed E-state index contributed by atoms with van der Waals surface area (Å²) in [5, 5.41) is 8.45. The Balaban J connectivity index is 1.51. The van der Waals surface area contributed by atoms with Gasteiger partial charge in [0.15, 0.2) is 5.65 Å². The van der Waals surface area contributed by atoms with Gasteiger partial charge in [0.1, 0.15) is 17.7 Å². The molecule has 3 aromatic heterocycles. The molecule has 0 radical (unpaired) electrons. The average molecular weight is 422 g/mol. The maximum Gasteiger partial charge on any atom is 0.352 e. The van der Waals surface area contributed by atoms with E-state index in [1.54, 1.807) is 11.3 Å². The number of carbonyl (C=O) groups excluding carboxylic acids is 1. The van der Waals surface area contributed by atoms with Crippen LogP contribution in [0.4, 0.5) is 5.69 Å².